The number of amides is 1. The molecule has 0 unspecified atom stereocenters. The molecule has 0 aliphatic heterocycles. The number of rotatable bonds is 8. The van der Waals surface area contributed by atoms with Crippen LogP contribution < -0.4 is 5.32 Å². The van der Waals surface area contributed by atoms with E-state index in [1.165, 1.54) is 0 Å². The first-order valence-corrected chi connectivity index (χ1v) is 11.0. The molecule has 3 heterocycles. The standard InChI is InChI=1S/C22H25N3O6S/c1-6-29-21(27)17-14(5)18(22(28)30-7-2)32-20(17)23-19(26)16-9-8-15(31-16)11-25-13(4)10-12(3)24-25/h8-10H,6-7,11H2,1-5H3,(H,23,26). The number of nitrogens with zero attached hydrogens (tertiary/aromatic N) is 2. The number of hydrogen-bond donors (Lipinski definition) is 1. The number of aryl methyl sites for hydroxylation is 2. The van der Waals surface area contributed by atoms with Crippen LogP contribution in [0.25, 0.3) is 0 Å². The number of aromatic nitrogens is 2. The van der Waals surface area contributed by atoms with Gasteiger partial charge in [-0.05, 0) is 58.4 Å². The maximum Gasteiger partial charge on any atom is 0.348 e. The van der Waals surface area contributed by atoms with Crippen LogP contribution in [0.15, 0.2) is 22.6 Å². The molecule has 0 atom stereocenters. The van der Waals surface area contributed by atoms with Crippen LogP contribution in [0.3, 0.4) is 0 Å². The lowest BCUT2D eigenvalue weighted by Gasteiger charge is -2.06. The second-order valence-corrected chi connectivity index (χ2v) is 8.03. The maximum atomic E-state index is 12.8. The fourth-order valence-corrected chi connectivity index (χ4v) is 4.26. The number of hydrogen-bond acceptors (Lipinski definition) is 8. The molecule has 170 valence electrons. The second kappa shape index (κ2) is 9.82. The third kappa shape index (κ3) is 4.91. The summed E-state index contributed by atoms with van der Waals surface area (Å²) >= 11 is 0.962. The van der Waals surface area contributed by atoms with Crippen LogP contribution in [-0.4, -0.2) is 40.8 Å². The molecule has 0 aliphatic rings. The van der Waals surface area contributed by atoms with E-state index in [-0.39, 0.29) is 34.4 Å². The van der Waals surface area contributed by atoms with Crippen molar-refractivity contribution in [2.45, 2.75) is 41.2 Å². The van der Waals surface area contributed by atoms with Crippen molar-refractivity contribution in [3.05, 3.63) is 57.1 Å². The minimum absolute atomic E-state index is 0.0695. The number of anilines is 1. The molecule has 0 aliphatic carbocycles. The first kappa shape index (κ1) is 23.3. The van der Waals surface area contributed by atoms with E-state index in [4.69, 9.17) is 13.9 Å². The van der Waals surface area contributed by atoms with Gasteiger partial charge in [0.25, 0.3) is 5.91 Å². The lowest BCUT2D eigenvalue weighted by Crippen LogP contribution is -2.14. The fourth-order valence-electron chi connectivity index (χ4n) is 3.17. The molecule has 10 heteroatoms. The monoisotopic (exact) mass is 459 g/mol. The molecule has 1 amide bonds. The van der Waals surface area contributed by atoms with E-state index in [9.17, 15) is 14.4 Å². The van der Waals surface area contributed by atoms with Crippen molar-refractivity contribution in [2.75, 3.05) is 18.5 Å². The predicted molar refractivity (Wildman–Crippen MR) is 118 cm³/mol. The van der Waals surface area contributed by atoms with Gasteiger partial charge in [-0.15, -0.1) is 11.3 Å². The maximum absolute atomic E-state index is 12.8. The molecule has 32 heavy (non-hydrogen) atoms. The molecule has 9 nitrogen and oxygen atoms in total. The normalized spacial score (nSPS) is 10.8. The first-order chi connectivity index (χ1) is 15.2. The van der Waals surface area contributed by atoms with Gasteiger partial charge in [0, 0.05) is 5.69 Å². The summed E-state index contributed by atoms with van der Waals surface area (Å²) in [6.45, 7) is 9.55. The third-order valence-electron chi connectivity index (χ3n) is 4.61. The molecule has 0 saturated carbocycles. The highest BCUT2D eigenvalue weighted by molar-refractivity contribution is 7.18. The topological polar surface area (TPSA) is 113 Å². The Morgan fingerprint density at radius 3 is 2.41 bits per heavy atom. The van der Waals surface area contributed by atoms with Crippen LogP contribution in [0.1, 0.15) is 67.1 Å². The van der Waals surface area contributed by atoms with E-state index in [1.54, 1.807) is 37.6 Å². The lowest BCUT2D eigenvalue weighted by molar-refractivity contribution is 0.0527. The zero-order chi connectivity index (χ0) is 23.4. The Balaban J connectivity index is 1.84. The van der Waals surface area contributed by atoms with Gasteiger partial charge in [0.15, 0.2) is 5.76 Å². The van der Waals surface area contributed by atoms with Crippen LogP contribution in [0.4, 0.5) is 5.00 Å². The van der Waals surface area contributed by atoms with Gasteiger partial charge in [-0.3, -0.25) is 9.48 Å². The summed E-state index contributed by atoms with van der Waals surface area (Å²) in [5, 5.41) is 7.25. The van der Waals surface area contributed by atoms with Crippen LogP contribution >= 0.6 is 11.3 Å². The Bertz CT molecular complexity index is 1160. The van der Waals surface area contributed by atoms with Crippen molar-refractivity contribution in [1.29, 1.82) is 0 Å². The van der Waals surface area contributed by atoms with Gasteiger partial charge >= 0.3 is 11.9 Å². The molecule has 3 aromatic rings. The Morgan fingerprint density at radius 2 is 1.78 bits per heavy atom. The van der Waals surface area contributed by atoms with Gasteiger partial charge in [0.2, 0.25) is 0 Å². The summed E-state index contributed by atoms with van der Waals surface area (Å²) in [6.07, 6.45) is 0. The van der Waals surface area contributed by atoms with E-state index in [0.717, 1.165) is 22.7 Å². The minimum Gasteiger partial charge on any atom is -0.462 e. The van der Waals surface area contributed by atoms with Crippen LogP contribution in [0.2, 0.25) is 0 Å². The number of furan rings is 1. The van der Waals surface area contributed by atoms with Crippen molar-refractivity contribution in [2.24, 2.45) is 0 Å². The highest BCUT2D eigenvalue weighted by Crippen LogP contribution is 2.34. The molecule has 3 rings (SSSR count). The van der Waals surface area contributed by atoms with E-state index in [1.807, 2.05) is 19.9 Å². The number of nitrogens with one attached hydrogen (secondary N) is 1. The van der Waals surface area contributed by atoms with Gasteiger partial charge in [-0.2, -0.15) is 5.10 Å². The Kier molecular flexibility index (Phi) is 7.14. The van der Waals surface area contributed by atoms with E-state index < -0.39 is 17.8 Å². The smallest absolute Gasteiger partial charge is 0.348 e. The highest BCUT2D eigenvalue weighted by Gasteiger charge is 2.28. The van der Waals surface area contributed by atoms with Gasteiger partial charge in [-0.1, -0.05) is 0 Å². The third-order valence-corrected chi connectivity index (χ3v) is 5.80. The fraction of sp³-hybridized carbons (Fsp3) is 0.364. The Morgan fingerprint density at radius 1 is 1.09 bits per heavy atom. The number of carbonyl (C=O) groups is 3. The zero-order valence-corrected chi connectivity index (χ0v) is 19.4. The predicted octanol–water partition coefficient (Wildman–Crippen LogP) is 4.12. The van der Waals surface area contributed by atoms with Crippen LogP contribution in [0, 0.1) is 20.8 Å². The average Bonchev–Trinajstić information content (AvgIpc) is 3.40. The molecular formula is C22H25N3O6S. The van der Waals surface area contributed by atoms with Gasteiger partial charge < -0.3 is 19.2 Å². The molecule has 0 aromatic carbocycles. The van der Waals surface area contributed by atoms with Crippen molar-refractivity contribution < 1.29 is 28.3 Å². The van der Waals surface area contributed by atoms with E-state index in [0.29, 0.717) is 17.9 Å². The SMILES string of the molecule is CCOC(=O)c1sc(NC(=O)c2ccc(Cn3nc(C)cc3C)o2)c(C(=O)OCC)c1C. The van der Waals surface area contributed by atoms with Crippen molar-refractivity contribution >= 4 is 34.2 Å². The van der Waals surface area contributed by atoms with Crippen LogP contribution in [0.5, 0.6) is 0 Å². The number of esters is 2. The lowest BCUT2D eigenvalue weighted by atomic mass is 10.1. The zero-order valence-electron chi connectivity index (χ0n) is 18.6. The quantitative estimate of drug-likeness (QED) is 0.504. The Hall–Kier alpha value is -3.40. The van der Waals surface area contributed by atoms with Gasteiger partial charge in [-0.25, -0.2) is 9.59 Å². The Labute approximate surface area is 189 Å². The molecule has 1 N–H and O–H groups in total. The molecule has 0 fully saturated rings. The van der Waals surface area contributed by atoms with Gasteiger partial charge in [0.05, 0.1) is 31.0 Å². The summed E-state index contributed by atoms with van der Waals surface area (Å²) in [5.74, 6) is -1.11. The number of carbonyl (C=O) groups excluding carboxylic acids is 3. The van der Waals surface area contributed by atoms with E-state index >= 15 is 0 Å². The summed E-state index contributed by atoms with van der Waals surface area (Å²) in [6, 6.07) is 5.20. The number of ether oxygens (including phenoxy) is 2. The molecule has 0 spiro atoms. The first-order valence-electron chi connectivity index (χ1n) is 10.1. The highest BCUT2D eigenvalue weighted by atomic mass is 32.1. The number of thiophene rings is 1. The van der Waals surface area contributed by atoms with Crippen molar-refractivity contribution in [3.63, 3.8) is 0 Å². The summed E-state index contributed by atoms with van der Waals surface area (Å²) < 4.78 is 17.6. The molecule has 3 aromatic heterocycles. The molecule has 0 radical (unpaired) electrons. The minimum atomic E-state index is -0.628. The van der Waals surface area contributed by atoms with Gasteiger partial charge in [0.1, 0.15) is 15.6 Å². The molecule has 0 saturated heterocycles. The average molecular weight is 460 g/mol. The summed E-state index contributed by atoms with van der Waals surface area (Å²) in [7, 11) is 0. The van der Waals surface area contributed by atoms with Crippen LogP contribution in [-0.2, 0) is 16.0 Å². The molecular weight excluding hydrogens is 434 g/mol. The van der Waals surface area contributed by atoms with Crippen molar-refractivity contribution in [3.8, 4) is 0 Å². The second-order valence-electron chi connectivity index (χ2n) is 7.01. The van der Waals surface area contributed by atoms with E-state index in [2.05, 4.69) is 10.4 Å². The van der Waals surface area contributed by atoms with Crippen molar-refractivity contribution in [1.82, 2.24) is 9.78 Å². The molecule has 0 bridgehead atoms. The summed E-state index contributed by atoms with van der Waals surface area (Å²) in [4.78, 5) is 37.8. The largest absolute Gasteiger partial charge is 0.462 e. The summed E-state index contributed by atoms with van der Waals surface area (Å²) in [5.41, 5.74) is 2.39.